The molecule has 0 saturated carbocycles. The highest BCUT2D eigenvalue weighted by Crippen LogP contribution is 2.34. The topological polar surface area (TPSA) is 86.1 Å². The average Bonchev–Trinajstić information content (AvgIpc) is 3.41. The molecule has 1 aromatic heterocycles. The second-order valence-corrected chi connectivity index (χ2v) is 9.57. The lowest BCUT2D eigenvalue weighted by molar-refractivity contribution is 0.0667. The number of hydrogen-bond donors (Lipinski definition) is 0. The average molecular weight is 529 g/mol. The first-order valence-electron chi connectivity index (χ1n) is 13.0. The molecule has 1 aliphatic heterocycles. The van der Waals surface area contributed by atoms with Crippen LogP contribution in [0.5, 0.6) is 17.2 Å². The van der Waals surface area contributed by atoms with Crippen LogP contribution in [0, 0.1) is 0 Å². The molecule has 5 rings (SSSR count). The summed E-state index contributed by atoms with van der Waals surface area (Å²) in [7, 11) is 3.91. The maximum Gasteiger partial charge on any atom is 0.266 e. The highest BCUT2D eigenvalue weighted by Gasteiger charge is 2.29. The van der Waals surface area contributed by atoms with Crippen molar-refractivity contribution in [3.05, 3.63) is 88.5 Å². The van der Waals surface area contributed by atoms with Crippen LogP contribution in [0.15, 0.2) is 71.5 Å². The van der Waals surface area contributed by atoms with Gasteiger partial charge >= 0.3 is 0 Å². The maximum absolute atomic E-state index is 14.0. The number of amides is 1. The third-order valence-corrected chi connectivity index (χ3v) is 6.72. The van der Waals surface area contributed by atoms with Gasteiger partial charge in [0.1, 0.15) is 11.6 Å². The lowest BCUT2D eigenvalue weighted by atomic mass is 10.1. The zero-order valence-electron chi connectivity index (χ0n) is 22.6. The van der Waals surface area contributed by atoms with Crippen molar-refractivity contribution in [3.8, 4) is 22.9 Å². The molecule has 1 atom stereocenters. The Hall–Kier alpha value is -4.37. The van der Waals surface area contributed by atoms with Crippen molar-refractivity contribution in [2.75, 3.05) is 40.6 Å². The van der Waals surface area contributed by atoms with E-state index in [1.165, 1.54) is 0 Å². The fourth-order valence-corrected chi connectivity index (χ4v) is 4.70. The number of para-hydroxylation sites is 3. The molecule has 1 unspecified atom stereocenters. The van der Waals surface area contributed by atoms with Crippen LogP contribution in [-0.4, -0.2) is 65.8 Å². The van der Waals surface area contributed by atoms with Gasteiger partial charge in [0.25, 0.3) is 11.5 Å². The van der Waals surface area contributed by atoms with Crippen molar-refractivity contribution in [1.29, 1.82) is 0 Å². The van der Waals surface area contributed by atoms with Crippen molar-refractivity contribution in [1.82, 2.24) is 19.4 Å². The first-order chi connectivity index (χ1) is 18.9. The summed E-state index contributed by atoms with van der Waals surface area (Å²) in [6, 6.07) is 19.3. The summed E-state index contributed by atoms with van der Waals surface area (Å²) in [6.45, 7) is 5.40. The zero-order chi connectivity index (χ0) is 27.5. The Morgan fingerprint density at radius 1 is 1.03 bits per heavy atom. The van der Waals surface area contributed by atoms with Gasteiger partial charge < -0.3 is 24.0 Å². The smallest absolute Gasteiger partial charge is 0.266 e. The number of carbonyl (C=O) groups excluding carboxylic acids is 1. The van der Waals surface area contributed by atoms with E-state index in [1.807, 2.05) is 75.3 Å². The van der Waals surface area contributed by atoms with E-state index in [0.29, 0.717) is 64.9 Å². The zero-order valence-corrected chi connectivity index (χ0v) is 22.6. The molecule has 9 nitrogen and oxygen atoms in total. The Balaban J connectivity index is 1.67. The molecule has 9 heteroatoms. The van der Waals surface area contributed by atoms with Gasteiger partial charge in [0.05, 0.1) is 29.2 Å². The molecule has 202 valence electrons. The Bertz CT molecular complexity index is 1570. The molecule has 0 N–H and O–H groups in total. The Labute approximate surface area is 227 Å². The summed E-state index contributed by atoms with van der Waals surface area (Å²) >= 11 is 0. The van der Waals surface area contributed by atoms with Crippen LogP contribution in [0.3, 0.4) is 0 Å². The second kappa shape index (κ2) is 11.2. The summed E-state index contributed by atoms with van der Waals surface area (Å²) in [5.41, 5.74) is 1.39. The van der Waals surface area contributed by atoms with Gasteiger partial charge in [-0.25, -0.2) is 4.98 Å². The first kappa shape index (κ1) is 26.2. The van der Waals surface area contributed by atoms with Crippen LogP contribution in [0.4, 0.5) is 0 Å². The van der Waals surface area contributed by atoms with Crippen molar-refractivity contribution in [2.45, 2.75) is 19.9 Å². The van der Waals surface area contributed by atoms with Crippen LogP contribution >= 0.6 is 0 Å². The largest absolute Gasteiger partial charge is 0.492 e. The highest BCUT2D eigenvalue weighted by molar-refractivity contribution is 5.95. The summed E-state index contributed by atoms with van der Waals surface area (Å²) in [5.74, 6) is 1.95. The van der Waals surface area contributed by atoms with Crippen molar-refractivity contribution in [2.24, 2.45) is 0 Å². The number of carbonyl (C=O) groups is 1. The molecule has 0 spiro atoms. The van der Waals surface area contributed by atoms with Crippen LogP contribution < -0.4 is 19.8 Å². The second-order valence-electron chi connectivity index (χ2n) is 9.57. The first-order valence-corrected chi connectivity index (χ1v) is 13.0. The third kappa shape index (κ3) is 5.18. The van der Waals surface area contributed by atoms with Gasteiger partial charge in [-0.05, 0) is 70.4 Å². The number of aromatic nitrogens is 2. The van der Waals surface area contributed by atoms with E-state index in [0.717, 1.165) is 0 Å². The number of hydrogen-bond acceptors (Lipinski definition) is 7. The van der Waals surface area contributed by atoms with Gasteiger partial charge in [-0.1, -0.05) is 24.3 Å². The number of benzene rings is 3. The van der Waals surface area contributed by atoms with E-state index in [4.69, 9.17) is 19.2 Å². The van der Waals surface area contributed by atoms with Gasteiger partial charge in [-0.3, -0.25) is 14.2 Å². The molecule has 4 aromatic rings. The lowest BCUT2D eigenvalue weighted by Gasteiger charge is -2.32. The monoisotopic (exact) mass is 528 g/mol. The molecule has 1 aliphatic rings. The van der Waals surface area contributed by atoms with E-state index in [1.54, 1.807) is 33.7 Å². The molecule has 0 aliphatic carbocycles. The molecule has 1 amide bonds. The standard InChI is InChI=1S/C30H32N4O5/c1-5-37-25-13-9-8-12-24(25)34-28(31-23-11-7-6-10-22(23)30(34)36)20(2)33(17-16-32(3)4)29(35)21-14-15-26-27(18-21)39-19-38-26/h6-15,18,20H,5,16-17,19H2,1-4H3. The van der Waals surface area contributed by atoms with E-state index in [9.17, 15) is 9.59 Å². The summed E-state index contributed by atoms with van der Waals surface area (Å²) < 4.78 is 18.4. The minimum absolute atomic E-state index is 0.125. The van der Waals surface area contributed by atoms with E-state index < -0.39 is 6.04 Å². The van der Waals surface area contributed by atoms with Gasteiger partial charge in [-0.2, -0.15) is 0 Å². The van der Waals surface area contributed by atoms with Gasteiger partial charge in [0, 0.05) is 18.7 Å². The summed E-state index contributed by atoms with van der Waals surface area (Å²) in [6.07, 6.45) is 0. The van der Waals surface area contributed by atoms with Crippen molar-refractivity contribution in [3.63, 3.8) is 0 Å². The molecule has 3 aromatic carbocycles. The molecule has 0 fully saturated rings. The number of fused-ring (bicyclic) bond motifs is 2. The highest BCUT2D eigenvalue weighted by atomic mass is 16.7. The SMILES string of the molecule is CCOc1ccccc1-n1c(C(C)N(CCN(C)C)C(=O)c2ccc3c(c2)OCO3)nc2ccccc2c1=O. The number of nitrogens with zero attached hydrogens (tertiary/aromatic N) is 4. The van der Waals surface area contributed by atoms with Crippen molar-refractivity contribution >= 4 is 16.8 Å². The number of ether oxygens (including phenoxy) is 3. The number of likely N-dealkylation sites (N-methyl/N-ethyl adjacent to an activating group) is 1. The van der Waals surface area contributed by atoms with Gasteiger partial charge in [-0.15, -0.1) is 0 Å². The minimum Gasteiger partial charge on any atom is -0.492 e. The maximum atomic E-state index is 14.0. The van der Waals surface area contributed by atoms with E-state index >= 15 is 0 Å². The van der Waals surface area contributed by atoms with Crippen LogP contribution in [0.1, 0.15) is 36.1 Å². The summed E-state index contributed by atoms with van der Waals surface area (Å²) in [5, 5.41) is 0.488. The molecule has 39 heavy (non-hydrogen) atoms. The molecular formula is C30H32N4O5. The van der Waals surface area contributed by atoms with Crippen molar-refractivity contribution < 1.29 is 19.0 Å². The lowest BCUT2D eigenvalue weighted by Crippen LogP contribution is -2.41. The van der Waals surface area contributed by atoms with E-state index in [2.05, 4.69) is 0 Å². The van der Waals surface area contributed by atoms with Gasteiger partial charge in [0.15, 0.2) is 11.5 Å². The normalized spacial score (nSPS) is 13.1. The third-order valence-electron chi connectivity index (χ3n) is 6.72. The predicted molar refractivity (Wildman–Crippen MR) is 149 cm³/mol. The van der Waals surface area contributed by atoms with Crippen LogP contribution in [0.2, 0.25) is 0 Å². The Morgan fingerprint density at radius 2 is 1.77 bits per heavy atom. The Kier molecular flexibility index (Phi) is 7.51. The van der Waals surface area contributed by atoms with Crippen LogP contribution in [-0.2, 0) is 0 Å². The minimum atomic E-state index is -0.560. The van der Waals surface area contributed by atoms with E-state index in [-0.39, 0.29) is 18.3 Å². The predicted octanol–water partition coefficient (Wildman–Crippen LogP) is 4.28. The summed E-state index contributed by atoms with van der Waals surface area (Å²) in [4.78, 5) is 36.7. The fourth-order valence-electron chi connectivity index (χ4n) is 4.70. The number of rotatable bonds is 9. The quantitative estimate of drug-likeness (QED) is 0.321. The van der Waals surface area contributed by atoms with Gasteiger partial charge in [0.2, 0.25) is 6.79 Å². The van der Waals surface area contributed by atoms with Crippen LogP contribution in [0.25, 0.3) is 16.6 Å². The fraction of sp³-hybridized carbons (Fsp3) is 0.300. The molecule has 2 heterocycles. The molecule has 0 bridgehead atoms. The molecule has 0 radical (unpaired) electrons. The Morgan fingerprint density at radius 3 is 2.56 bits per heavy atom. The molecular weight excluding hydrogens is 496 g/mol. The molecule has 0 saturated heterocycles.